The van der Waals surface area contributed by atoms with Crippen LogP contribution in [0, 0.1) is 0 Å². The zero-order valence-corrected chi connectivity index (χ0v) is 14.9. The van der Waals surface area contributed by atoms with Crippen LogP contribution in [0.25, 0.3) is 0 Å². The Morgan fingerprint density at radius 2 is 2.09 bits per heavy atom. The first-order chi connectivity index (χ1) is 10.9. The lowest BCUT2D eigenvalue weighted by Gasteiger charge is -2.31. The molecule has 0 radical (unpaired) electrons. The average Bonchev–Trinajstić information content (AvgIpc) is 3.03. The van der Waals surface area contributed by atoms with E-state index in [-0.39, 0.29) is 24.7 Å². The number of hydrogen-bond donors (Lipinski definition) is 0. The fourth-order valence-corrected chi connectivity index (χ4v) is 5.45. The van der Waals surface area contributed by atoms with Gasteiger partial charge in [0.25, 0.3) is 5.91 Å². The van der Waals surface area contributed by atoms with E-state index in [9.17, 15) is 13.2 Å². The molecular weight excluding hydrogens is 379 g/mol. The van der Waals surface area contributed by atoms with E-state index in [1.807, 2.05) is 0 Å². The van der Waals surface area contributed by atoms with Gasteiger partial charge in [0.2, 0.25) is 0 Å². The molecule has 1 aliphatic heterocycles. The topological polar surface area (TPSA) is 67.3 Å². The van der Waals surface area contributed by atoms with Crippen LogP contribution >= 0.6 is 34.5 Å². The number of hydrogen-bond acceptors (Lipinski definition) is 5. The first kappa shape index (κ1) is 16.7. The lowest BCUT2D eigenvalue weighted by molar-refractivity contribution is 0.0758. The van der Waals surface area contributed by atoms with Gasteiger partial charge in [-0.1, -0.05) is 23.2 Å². The summed E-state index contributed by atoms with van der Waals surface area (Å²) in [6.45, 7) is 0.248. The SMILES string of the molecule is O=C(c1ccc(Cl)c(Cl)c1)N1CCS(=O)(=O)[C@H](c2nccs2)C1. The molecule has 0 saturated carbocycles. The fourth-order valence-electron chi connectivity index (χ4n) is 2.41. The van der Waals surface area contributed by atoms with Gasteiger partial charge in [0.05, 0.1) is 15.8 Å². The quantitative estimate of drug-likeness (QED) is 0.789. The van der Waals surface area contributed by atoms with Crippen LogP contribution in [0.15, 0.2) is 29.8 Å². The third kappa shape index (κ3) is 3.38. The Labute approximate surface area is 147 Å². The summed E-state index contributed by atoms with van der Waals surface area (Å²) in [5, 5.41) is 2.12. The number of sulfone groups is 1. The van der Waals surface area contributed by atoms with Gasteiger partial charge < -0.3 is 4.90 Å². The van der Waals surface area contributed by atoms with Crippen LogP contribution in [0.4, 0.5) is 0 Å². The number of amides is 1. The normalized spacial score (nSPS) is 20.4. The predicted octanol–water partition coefficient (Wildman–Crippen LogP) is 3.06. The molecule has 0 bridgehead atoms. The third-order valence-electron chi connectivity index (χ3n) is 3.65. The standard InChI is InChI=1S/C14H12Cl2N2O3S2/c15-10-2-1-9(7-11(10)16)14(19)18-4-6-23(20,21)12(8-18)13-17-3-5-22-13/h1-3,5,7,12H,4,6,8H2/t12-/m0/s1. The maximum atomic E-state index is 12.6. The minimum atomic E-state index is -3.30. The Hall–Kier alpha value is -1.15. The average molecular weight is 391 g/mol. The van der Waals surface area contributed by atoms with Gasteiger partial charge >= 0.3 is 0 Å². The van der Waals surface area contributed by atoms with Gasteiger partial charge in [-0.05, 0) is 18.2 Å². The molecule has 1 aromatic carbocycles. The van der Waals surface area contributed by atoms with E-state index in [0.29, 0.717) is 20.6 Å². The molecule has 1 saturated heterocycles. The van der Waals surface area contributed by atoms with Crippen LogP contribution in [0.1, 0.15) is 20.6 Å². The predicted molar refractivity (Wildman–Crippen MR) is 91.0 cm³/mol. The molecule has 0 spiro atoms. The summed E-state index contributed by atoms with van der Waals surface area (Å²) in [5.41, 5.74) is 0.386. The van der Waals surface area contributed by atoms with Crippen molar-refractivity contribution in [1.29, 1.82) is 0 Å². The molecule has 3 rings (SSSR count). The molecule has 2 heterocycles. The highest BCUT2D eigenvalue weighted by molar-refractivity contribution is 7.91. The summed E-state index contributed by atoms with van der Waals surface area (Å²) in [7, 11) is -3.30. The maximum absolute atomic E-state index is 12.6. The van der Waals surface area contributed by atoms with Gasteiger partial charge in [-0.15, -0.1) is 11.3 Å². The largest absolute Gasteiger partial charge is 0.336 e. The van der Waals surface area contributed by atoms with Crippen molar-refractivity contribution in [2.75, 3.05) is 18.8 Å². The molecule has 9 heteroatoms. The number of nitrogens with zero attached hydrogens (tertiary/aromatic N) is 2. The van der Waals surface area contributed by atoms with Gasteiger partial charge in [0.1, 0.15) is 10.3 Å². The number of carbonyl (C=O) groups is 1. The minimum Gasteiger partial charge on any atom is -0.336 e. The molecule has 1 atom stereocenters. The Morgan fingerprint density at radius 1 is 1.30 bits per heavy atom. The fraction of sp³-hybridized carbons (Fsp3) is 0.286. The van der Waals surface area contributed by atoms with Crippen molar-refractivity contribution < 1.29 is 13.2 Å². The summed E-state index contributed by atoms with van der Waals surface area (Å²) in [6.07, 6.45) is 1.56. The van der Waals surface area contributed by atoms with Crippen molar-refractivity contribution in [2.45, 2.75) is 5.25 Å². The van der Waals surface area contributed by atoms with Crippen molar-refractivity contribution in [3.8, 4) is 0 Å². The summed E-state index contributed by atoms with van der Waals surface area (Å²) >= 11 is 13.1. The third-order valence-corrected chi connectivity index (χ3v) is 7.41. The van der Waals surface area contributed by atoms with Crippen LogP contribution in [-0.2, 0) is 9.84 Å². The van der Waals surface area contributed by atoms with Crippen LogP contribution in [-0.4, -0.2) is 43.1 Å². The first-order valence-electron chi connectivity index (χ1n) is 6.74. The molecule has 1 aliphatic rings. The highest BCUT2D eigenvalue weighted by Crippen LogP contribution is 2.30. The van der Waals surface area contributed by atoms with E-state index < -0.39 is 15.1 Å². The van der Waals surface area contributed by atoms with Crippen LogP contribution in [0.5, 0.6) is 0 Å². The van der Waals surface area contributed by atoms with Gasteiger partial charge in [-0.2, -0.15) is 0 Å². The van der Waals surface area contributed by atoms with E-state index in [0.717, 1.165) is 0 Å². The highest BCUT2D eigenvalue weighted by atomic mass is 35.5. The first-order valence-corrected chi connectivity index (χ1v) is 10.1. The van der Waals surface area contributed by atoms with Crippen LogP contribution in [0.3, 0.4) is 0 Å². The van der Waals surface area contributed by atoms with E-state index in [1.165, 1.54) is 22.3 Å². The number of thiazole rings is 1. The summed E-state index contributed by atoms with van der Waals surface area (Å²) < 4.78 is 24.5. The van der Waals surface area contributed by atoms with E-state index in [4.69, 9.17) is 23.2 Å². The zero-order valence-electron chi connectivity index (χ0n) is 11.8. The molecule has 1 fully saturated rings. The van der Waals surface area contributed by atoms with Crippen LogP contribution < -0.4 is 0 Å². The Morgan fingerprint density at radius 3 is 2.74 bits per heavy atom. The van der Waals surface area contributed by atoms with Crippen molar-refractivity contribution in [2.24, 2.45) is 0 Å². The highest BCUT2D eigenvalue weighted by Gasteiger charge is 2.37. The number of halogens is 2. The smallest absolute Gasteiger partial charge is 0.253 e. The van der Waals surface area contributed by atoms with Gasteiger partial charge in [0, 0.05) is 30.2 Å². The monoisotopic (exact) mass is 390 g/mol. The minimum absolute atomic E-state index is 0.0791. The van der Waals surface area contributed by atoms with Crippen molar-refractivity contribution in [3.63, 3.8) is 0 Å². The van der Waals surface area contributed by atoms with Gasteiger partial charge in [-0.25, -0.2) is 13.4 Å². The van der Waals surface area contributed by atoms with Gasteiger partial charge in [-0.3, -0.25) is 4.79 Å². The summed E-state index contributed by atoms with van der Waals surface area (Å²) in [5.74, 6) is -0.343. The number of benzene rings is 1. The second kappa shape index (κ2) is 6.39. The number of carbonyl (C=O) groups excluding carboxylic acids is 1. The molecule has 5 nitrogen and oxygen atoms in total. The second-order valence-corrected chi connectivity index (χ2v) is 9.15. The summed E-state index contributed by atoms with van der Waals surface area (Å²) in [4.78, 5) is 18.2. The molecule has 122 valence electrons. The van der Waals surface area contributed by atoms with E-state index in [2.05, 4.69) is 4.98 Å². The maximum Gasteiger partial charge on any atom is 0.253 e. The van der Waals surface area contributed by atoms with Crippen molar-refractivity contribution in [1.82, 2.24) is 9.88 Å². The van der Waals surface area contributed by atoms with Crippen molar-refractivity contribution in [3.05, 3.63) is 50.4 Å². The van der Waals surface area contributed by atoms with E-state index >= 15 is 0 Å². The van der Waals surface area contributed by atoms with Crippen molar-refractivity contribution >= 4 is 50.3 Å². The Balaban J connectivity index is 1.86. The Bertz CT molecular complexity index is 838. The summed E-state index contributed by atoms with van der Waals surface area (Å²) in [6, 6.07) is 4.63. The number of rotatable bonds is 2. The molecule has 0 unspecified atom stereocenters. The lowest BCUT2D eigenvalue weighted by atomic mass is 10.2. The molecular formula is C14H12Cl2N2O3S2. The molecule has 0 N–H and O–H groups in total. The lowest BCUT2D eigenvalue weighted by Crippen LogP contribution is -2.45. The van der Waals surface area contributed by atoms with Gasteiger partial charge in [0.15, 0.2) is 9.84 Å². The molecule has 1 amide bonds. The molecule has 1 aromatic heterocycles. The number of aromatic nitrogens is 1. The molecule has 2 aromatic rings. The van der Waals surface area contributed by atoms with Crippen LogP contribution in [0.2, 0.25) is 10.0 Å². The molecule has 23 heavy (non-hydrogen) atoms. The second-order valence-electron chi connectivity index (χ2n) is 5.11. The zero-order chi connectivity index (χ0) is 16.6. The molecule has 0 aliphatic carbocycles. The Kier molecular flexibility index (Phi) is 4.64. The van der Waals surface area contributed by atoms with E-state index in [1.54, 1.807) is 23.7 Å².